The van der Waals surface area contributed by atoms with Gasteiger partial charge in [0.25, 0.3) is 0 Å². The van der Waals surface area contributed by atoms with E-state index in [0.717, 1.165) is 56.7 Å². The van der Waals surface area contributed by atoms with Crippen LogP contribution in [0.15, 0.2) is 12.7 Å². The molecule has 1 aliphatic heterocycles. The Labute approximate surface area is 161 Å². The lowest BCUT2D eigenvalue weighted by Crippen LogP contribution is -2.41. The van der Waals surface area contributed by atoms with Gasteiger partial charge in [0, 0.05) is 32.5 Å². The summed E-state index contributed by atoms with van der Waals surface area (Å²) in [5.41, 5.74) is 0.410. The van der Waals surface area contributed by atoms with Crippen LogP contribution in [0.2, 0.25) is 0 Å². The topological polar surface area (TPSA) is 21.7 Å². The molecule has 3 fully saturated rings. The van der Waals surface area contributed by atoms with Gasteiger partial charge in [0.05, 0.1) is 12.7 Å². The molecule has 0 aromatic heterocycles. The number of ether oxygens (including phenoxy) is 2. The molecule has 1 spiro atoms. The fraction of sp³-hybridized carbons (Fsp3) is 0.913. The maximum absolute atomic E-state index is 6.49. The Bertz CT molecular complexity index is 461. The zero-order chi connectivity index (χ0) is 18.8. The molecule has 2 aliphatic carbocycles. The Hall–Kier alpha value is -0.380. The number of nitrogens with zero attached hydrogens (tertiary/aromatic N) is 1. The number of rotatable bonds is 9. The highest BCUT2D eigenvalue weighted by Gasteiger charge is 2.47. The molecular weight excluding hydrogens is 322 g/mol. The van der Waals surface area contributed by atoms with Crippen LogP contribution in [0.3, 0.4) is 0 Å². The first-order valence-electron chi connectivity index (χ1n) is 11.0. The van der Waals surface area contributed by atoms with E-state index < -0.39 is 0 Å². The monoisotopic (exact) mass is 363 g/mol. The van der Waals surface area contributed by atoms with Gasteiger partial charge in [-0.05, 0) is 55.3 Å². The Kier molecular flexibility index (Phi) is 6.52. The third kappa shape index (κ3) is 4.91. The lowest BCUT2D eigenvalue weighted by molar-refractivity contribution is -0.198. The molecule has 1 unspecified atom stereocenters. The van der Waals surface area contributed by atoms with E-state index in [0.29, 0.717) is 5.41 Å². The first-order valence-corrected chi connectivity index (χ1v) is 11.0. The van der Waals surface area contributed by atoms with Crippen molar-refractivity contribution >= 4 is 0 Å². The molecule has 0 radical (unpaired) electrons. The predicted octanol–water partition coefficient (Wildman–Crippen LogP) is 5.26. The molecule has 0 bridgehead atoms. The third-order valence-electron chi connectivity index (χ3n) is 7.57. The van der Waals surface area contributed by atoms with E-state index in [1.54, 1.807) is 0 Å². The molecule has 1 heterocycles. The molecule has 0 N–H and O–H groups in total. The van der Waals surface area contributed by atoms with Crippen LogP contribution in [0.1, 0.15) is 72.6 Å². The molecule has 0 aromatic carbocycles. The summed E-state index contributed by atoms with van der Waals surface area (Å²) in [4.78, 5) is 2.54. The van der Waals surface area contributed by atoms with E-state index in [1.165, 1.54) is 32.2 Å². The summed E-state index contributed by atoms with van der Waals surface area (Å²) in [7, 11) is 0. The maximum Gasteiger partial charge on any atom is 0.168 e. The zero-order valence-electron chi connectivity index (χ0n) is 17.6. The Morgan fingerprint density at radius 3 is 2.46 bits per heavy atom. The van der Waals surface area contributed by atoms with E-state index in [2.05, 4.69) is 39.2 Å². The molecule has 3 nitrogen and oxygen atoms in total. The minimum absolute atomic E-state index is 0.270. The molecule has 0 amide bonds. The van der Waals surface area contributed by atoms with Crippen molar-refractivity contribution < 1.29 is 9.47 Å². The average Bonchev–Trinajstić information content (AvgIpc) is 3.34. The lowest BCUT2D eigenvalue weighted by atomic mass is 9.64. The Morgan fingerprint density at radius 1 is 1.19 bits per heavy atom. The predicted molar refractivity (Wildman–Crippen MR) is 108 cm³/mol. The van der Waals surface area contributed by atoms with Crippen LogP contribution in [0.4, 0.5) is 0 Å². The van der Waals surface area contributed by atoms with Crippen molar-refractivity contribution in [3.63, 3.8) is 0 Å². The van der Waals surface area contributed by atoms with Crippen LogP contribution in [0.25, 0.3) is 0 Å². The van der Waals surface area contributed by atoms with Gasteiger partial charge >= 0.3 is 0 Å². The molecule has 2 saturated carbocycles. The highest BCUT2D eigenvalue weighted by molar-refractivity contribution is 4.91. The van der Waals surface area contributed by atoms with Crippen LogP contribution in [0.5, 0.6) is 0 Å². The van der Waals surface area contributed by atoms with Crippen molar-refractivity contribution in [2.24, 2.45) is 23.2 Å². The standard InChI is InChI=1S/C23H41NO2/c1-6-14-24(16-19-7-8-19)15-11-21-17-25-23(26-21)12-9-20(10-13-23)22(4,5)18(2)3/h6,18-21H,1,7-17H2,2-5H3. The highest BCUT2D eigenvalue weighted by Crippen LogP contribution is 2.48. The van der Waals surface area contributed by atoms with Crippen molar-refractivity contribution in [2.75, 3.05) is 26.2 Å². The summed E-state index contributed by atoms with van der Waals surface area (Å²) >= 11 is 0. The molecule has 3 aliphatic rings. The fourth-order valence-electron chi connectivity index (χ4n) is 4.73. The second-order valence-electron chi connectivity index (χ2n) is 9.99. The second-order valence-corrected chi connectivity index (χ2v) is 9.99. The molecule has 0 aromatic rings. The van der Waals surface area contributed by atoms with Gasteiger partial charge in [-0.1, -0.05) is 33.8 Å². The van der Waals surface area contributed by atoms with E-state index in [4.69, 9.17) is 9.47 Å². The molecule has 26 heavy (non-hydrogen) atoms. The third-order valence-corrected chi connectivity index (χ3v) is 7.57. The summed E-state index contributed by atoms with van der Waals surface area (Å²) in [6, 6.07) is 0. The van der Waals surface area contributed by atoms with Gasteiger partial charge in [0.1, 0.15) is 0 Å². The van der Waals surface area contributed by atoms with Crippen molar-refractivity contribution in [3.05, 3.63) is 12.7 Å². The zero-order valence-corrected chi connectivity index (χ0v) is 17.6. The van der Waals surface area contributed by atoms with Gasteiger partial charge in [-0.25, -0.2) is 0 Å². The van der Waals surface area contributed by atoms with Crippen LogP contribution in [-0.4, -0.2) is 43.0 Å². The molecule has 1 atom stereocenters. The minimum atomic E-state index is -0.270. The SMILES string of the molecule is C=CCN(CCC1COC2(CCC(C(C)(C)C(C)C)CC2)O1)CC1CC1. The first kappa shape index (κ1) is 20.4. The van der Waals surface area contributed by atoms with Gasteiger partial charge in [0.2, 0.25) is 0 Å². The second kappa shape index (κ2) is 8.32. The first-order chi connectivity index (χ1) is 12.3. The minimum Gasteiger partial charge on any atom is -0.347 e. The molecule has 3 rings (SSSR count). The molecule has 3 heteroatoms. The van der Waals surface area contributed by atoms with Crippen LogP contribution >= 0.6 is 0 Å². The fourth-order valence-corrected chi connectivity index (χ4v) is 4.73. The quantitative estimate of drug-likeness (QED) is 0.522. The Morgan fingerprint density at radius 2 is 1.88 bits per heavy atom. The average molecular weight is 364 g/mol. The van der Waals surface area contributed by atoms with Crippen molar-refractivity contribution in [1.29, 1.82) is 0 Å². The number of hydrogen-bond acceptors (Lipinski definition) is 3. The molecular formula is C23H41NO2. The van der Waals surface area contributed by atoms with Gasteiger partial charge in [-0.15, -0.1) is 6.58 Å². The summed E-state index contributed by atoms with van der Waals surface area (Å²) in [6.45, 7) is 17.6. The van der Waals surface area contributed by atoms with Crippen molar-refractivity contribution in [1.82, 2.24) is 4.90 Å². The molecule has 1 saturated heterocycles. The van der Waals surface area contributed by atoms with Gasteiger partial charge < -0.3 is 9.47 Å². The van der Waals surface area contributed by atoms with Gasteiger partial charge in [-0.3, -0.25) is 4.90 Å². The van der Waals surface area contributed by atoms with Gasteiger partial charge in [0.15, 0.2) is 5.79 Å². The largest absolute Gasteiger partial charge is 0.347 e. The lowest BCUT2D eigenvalue weighted by Gasteiger charge is -2.44. The van der Waals surface area contributed by atoms with E-state index in [-0.39, 0.29) is 11.9 Å². The van der Waals surface area contributed by atoms with Crippen molar-refractivity contribution in [2.45, 2.75) is 84.5 Å². The maximum atomic E-state index is 6.49. The highest BCUT2D eigenvalue weighted by atomic mass is 16.7. The number of hydrogen-bond donors (Lipinski definition) is 0. The van der Waals surface area contributed by atoms with Crippen LogP contribution in [-0.2, 0) is 9.47 Å². The summed E-state index contributed by atoms with van der Waals surface area (Å²) < 4.78 is 12.7. The normalized spacial score (nSPS) is 32.7. The summed E-state index contributed by atoms with van der Waals surface area (Å²) in [5.74, 6) is 2.18. The summed E-state index contributed by atoms with van der Waals surface area (Å²) in [5, 5.41) is 0. The van der Waals surface area contributed by atoms with Crippen molar-refractivity contribution in [3.8, 4) is 0 Å². The molecule has 150 valence electrons. The summed E-state index contributed by atoms with van der Waals surface area (Å²) in [6.07, 6.45) is 10.8. The van der Waals surface area contributed by atoms with E-state index in [1.807, 2.05) is 6.08 Å². The smallest absolute Gasteiger partial charge is 0.168 e. The van der Waals surface area contributed by atoms with Crippen LogP contribution in [0, 0.1) is 23.2 Å². The van der Waals surface area contributed by atoms with E-state index >= 15 is 0 Å². The van der Waals surface area contributed by atoms with Crippen LogP contribution < -0.4 is 0 Å². The van der Waals surface area contributed by atoms with E-state index in [9.17, 15) is 0 Å². The Balaban J connectivity index is 1.44. The van der Waals surface area contributed by atoms with Gasteiger partial charge in [-0.2, -0.15) is 0 Å².